The zero-order chi connectivity index (χ0) is 15.7. The van der Waals surface area contributed by atoms with Crippen LogP contribution in [0.15, 0.2) is 25.3 Å². The number of carboxylic acids is 1. The minimum Gasteiger partial charge on any atom is -0.481 e. The maximum atomic E-state index is 12.2. The molecule has 0 spiro atoms. The number of hydrogen-bond donors (Lipinski definition) is 2. The predicted molar refractivity (Wildman–Crippen MR) is 83.1 cm³/mol. The minimum atomic E-state index is -0.791. The zero-order valence-corrected chi connectivity index (χ0v) is 12.6. The van der Waals surface area contributed by atoms with E-state index >= 15 is 0 Å². The Bertz CT molecular complexity index is 377. The van der Waals surface area contributed by atoms with Gasteiger partial charge in [-0.2, -0.15) is 0 Å². The highest BCUT2D eigenvalue weighted by atomic mass is 16.4. The molecule has 2 amide bonds. The summed E-state index contributed by atoms with van der Waals surface area (Å²) in [4.78, 5) is 24.9. The van der Waals surface area contributed by atoms with Gasteiger partial charge in [-0.15, -0.1) is 13.2 Å². The second-order valence-corrected chi connectivity index (χ2v) is 5.77. The minimum absolute atomic E-state index is 0.121. The van der Waals surface area contributed by atoms with Gasteiger partial charge >= 0.3 is 12.0 Å². The molecular weight excluding hydrogens is 268 g/mol. The molecule has 1 rings (SSSR count). The van der Waals surface area contributed by atoms with E-state index < -0.39 is 5.97 Å². The molecule has 0 aromatic carbocycles. The summed E-state index contributed by atoms with van der Waals surface area (Å²) in [6.45, 7) is 8.58. The van der Waals surface area contributed by atoms with Crippen molar-refractivity contribution in [2.75, 3.05) is 19.6 Å². The number of nitrogens with one attached hydrogen (secondary N) is 1. The van der Waals surface area contributed by atoms with Gasteiger partial charge < -0.3 is 15.3 Å². The summed E-state index contributed by atoms with van der Waals surface area (Å²) in [5.41, 5.74) is -0.298. The van der Waals surface area contributed by atoms with E-state index in [-0.39, 0.29) is 17.9 Å². The van der Waals surface area contributed by atoms with Crippen LogP contribution in [-0.2, 0) is 4.79 Å². The van der Waals surface area contributed by atoms with E-state index in [1.54, 1.807) is 17.1 Å². The first-order chi connectivity index (χ1) is 10.0. The van der Waals surface area contributed by atoms with E-state index in [9.17, 15) is 9.59 Å². The smallest absolute Gasteiger partial charge is 0.317 e. The van der Waals surface area contributed by atoms with Crippen LogP contribution in [0.3, 0.4) is 0 Å². The maximum Gasteiger partial charge on any atom is 0.317 e. The number of carbonyl (C=O) groups excluding carboxylic acids is 1. The van der Waals surface area contributed by atoms with Crippen LogP contribution in [0.25, 0.3) is 0 Å². The molecule has 5 heteroatoms. The van der Waals surface area contributed by atoms with Crippen LogP contribution in [0.1, 0.15) is 38.5 Å². The maximum absolute atomic E-state index is 12.2. The molecule has 0 bridgehead atoms. The Kier molecular flexibility index (Phi) is 6.99. The van der Waals surface area contributed by atoms with Gasteiger partial charge in [-0.25, -0.2) is 4.79 Å². The third kappa shape index (κ3) is 5.61. The van der Waals surface area contributed by atoms with Gasteiger partial charge in [0, 0.05) is 19.6 Å². The molecule has 0 heterocycles. The van der Waals surface area contributed by atoms with E-state index in [0.717, 1.165) is 32.1 Å². The van der Waals surface area contributed by atoms with Gasteiger partial charge in [0.05, 0.1) is 6.42 Å². The summed E-state index contributed by atoms with van der Waals surface area (Å²) < 4.78 is 0. The van der Waals surface area contributed by atoms with Gasteiger partial charge in [0.1, 0.15) is 0 Å². The highest BCUT2D eigenvalue weighted by Gasteiger charge is 2.35. The molecule has 118 valence electrons. The highest BCUT2D eigenvalue weighted by Crippen LogP contribution is 2.38. The number of carboxylic acid groups (broad SMARTS) is 1. The molecule has 0 aromatic rings. The highest BCUT2D eigenvalue weighted by molar-refractivity contribution is 5.75. The molecule has 0 radical (unpaired) electrons. The van der Waals surface area contributed by atoms with Gasteiger partial charge in [0.15, 0.2) is 0 Å². The van der Waals surface area contributed by atoms with Gasteiger partial charge in [-0.3, -0.25) is 4.79 Å². The molecule has 1 aliphatic rings. The quantitative estimate of drug-likeness (QED) is 0.676. The van der Waals surface area contributed by atoms with Crippen LogP contribution >= 0.6 is 0 Å². The van der Waals surface area contributed by atoms with Crippen LogP contribution in [0, 0.1) is 5.41 Å². The SMILES string of the molecule is C=CCN(CC=C)C(=O)NCC1(CC(=O)O)CCCCC1. The normalized spacial score (nSPS) is 16.8. The fraction of sp³-hybridized carbons (Fsp3) is 0.625. The molecule has 5 nitrogen and oxygen atoms in total. The second-order valence-electron chi connectivity index (χ2n) is 5.77. The number of urea groups is 1. The standard InChI is InChI=1S/C16H26N2O3/c1-3-10-18(11-4-2)15(21)17-13-16(12-14(19)20)8-6-5-7-9-16/h3-4H,1-2,5-13H2,(H,17,21)(H,19,20). The lowest BCUT2D eigenvalue weighted by Gasteiger charge is -2.36. The van der Waals surface area contributed by atoms with E-state index in [1.807, 2.05) is 0 Å². The molecule has 1 fully saturated rings. The Balaban J connectivity index is 2.62. The zero-order valence-electron chi connectivity index (χ0n) is 12.6. The van der Waals surface area contributed by atoms with Crippen LogP contribution in [0.5, 0.6) is 0 Å². The van der Waals surface area contributed by atoms with Crippen LogP contribution in [0.4, 0.5) is 4.79 Å². The van der Waals surface area contributed by atoms with Crippen molar-refractivity contribution in [1.82, 2.24) is 10.2 Å². The Morgan fingerprint density at radius 1 is 1.14 bits per heavy atom. The van der Waals surface area contributed by atoms with Crippen LogP contribution < -0.4 is 5.32 Å². The molecule has 0 unspecified atom stereocenters. The van der Waals surface area contributed by atoms with E-state index in [1.165, 1.54) is 0 Å². The Morgan fingerprint density at radius 2 is 1.71 bits per heavy atom. The van der Waals surface area contributed by atoms with Gasteiger partial charge in [0.25, 0.3) is 0 Å². The van der Waals surface area contributed by atoms with Crippen molar-refractivity contribution < 1.29 is 14.7 Å². The summed E-state index contributed by atoms with van der Waals surface area (Å²) in [7, 11) is 0. The van der Waals surface area contributed by atoms with Crippen molar-refractivity contribution in [1.29, 1.82) is 0 Å². The van der Waals surface area contributed by atoms with Crippen LogP contribution in [-0.4, -0.2) is 41.6 Å². The predicted octanol–water partition coefficient (Wildman–Crippen LogP) is 2.80. The summed E-state index contributed by atoms with van der Waals surface area (Å²) in [6, 6.07) is -0.190. The number of amides is 2. The summed E-state index contributed by atoms with van der Waals surface area (Å²) in [5.74, 6) is -0.791. The molecule has 0 aliphatic heterocycles. The molecule has 1 aliphatic carbocycles. The second kappa shape index (κ2) is 8.49. The van der Waals surface area contributed by atoms with Gasteiger partial charge in [-0.05, 0) is 18.3 Å². The average Bonchev–Trinajstić information content (AvgIpc) is 2.45. The fourth-order valence-electron chi connectivity index (χ4n) is 2.97. The topological polar surface area (TPSA) is 69.6 Å². The van der Waals surface area contributed by atoms with Gasteiger partial charge in [0.2, 0.25) is 0 Å². The van der Waals surface area contributed by atoms with Crippen molar-refractivity contribution in [2.24, 2.45) is 5.41 Å². The largest absolute Gasteiger partial charge is 0.481 e. The summed E-state index contributed by atoms with van der Waals surface area (Å²) in [5, 5.41) is 12.0. The molecular formula is C16H26N2O3. The lowest BCUT2D eigenvalue weighted by Crippen LogP contribution is -2.46. The molecule has 2 N–H and O–H groups in total. The van der Waals surface area contributed by atoms with E-state index in [4.69, 9.17) is 5.11 Å². The molecule has 0 saturated heterocycles. The third-order valence-corrected chi connectivity index (χ3v) is 4.04. The van der Waals surface area contributed by atoms with E-state index in [0.29, 0.717) is 19.6 Å². The molecule has 1 saturated carbocycles. The lowest BCUT2D eigenvalue weighted by atomic mass is 9.72. The molecule has 0 aromatic heterocycles. The Hall–Kier alpha value is -1.78. The first-order valence-electron chi connectivity index (χ1n) is 7.49. The molecule has 0 atom stereocenters. The van der Waals surface area contributed by atoms with Crippen molar-refractivity contribution in [2.45, 2.75) is 38.5 Å². The summed E-state index contributed by atoms with van der Waals surface area (Å²) in [6.07, 6.45) is 8.39. The van der Waals surface area contributed by atoms with Crippen LogP contribution in [0.2, 0.25) is 0 Å². The Morgan fingerprint density at radius 3 is 2.19 bits per heavy atom. The van der Waals surface area contributed by atoms with Crippen molar-refractivity contribution in [3.05, 3.63) is 25.3 Å². The number of aliphatic carboxylic acids is 1. The summed E-state index contributed by atoms with van der Waals surface area (Å²) >= 11 is 0. The number of hydrogen-bond acceptors (Lipinski definition) is 2. The van der Waals surface area contributed by atoms with Crippen molar-refractivity contribution in [3.8, 4) is 0 Å². The van der Waals surface area contributed by atoms with Crippen molar-refractivity contribution >= 4 is 12.0 Å². The lowest BCUT2D eigenvalue weighted by molar-refractivity contribution is -0.140. The molecule has 21 heavy (non-hydrogen) atoms. The Labute approximate surface area is 126 Å². The van der Waals surface area contributed by atoms with Crippen molar-refractivity contribution in [3.63, 3.8) is 0 Å². The fourth-order valence-corrected chi connectivity index (χ4v) is 2.97. The number of nitrogens with zero attached hydrogens (tertiary/aromatic N) is 1. The number of carbonyl (C=O) groups is 2. The van der Waals surface area contributed by atoms with Gasteiger partial charge in [-0.1, -0.05) is 31.4 Å². The first-order valence-corrected chi connectivity index (χ1v) is 7.49. The average molecular weight is 294 g/mol. The first kappa shape index (κ1) is 17.3. The monoisotopic (exact) mass is 294 g/mol. The third-order valence-electron chi connectivity index (χ3n) is 4.04. The van der Waals surface area contributed by atoms with E-state index in [2.05, 4.69) is 18.5 Å². The number of rotatable bonds is 8.